The van der Waals surface area contributed by atoms with E-state index in [4.69, 9.17) is 9.47 Å². The molecule has 1 atom stereocenters. The fraction of sp³-hybridized carbons (Fsp3) is 0.471. The summed E-state index contributed by atoms with van der Waals surface area (Å²) in [5, 5.41) is 0. The van der Waals surface area contributed by atoms with Crippen LogP contribution in [0.15, 0.2) is 42.5 Å². The Morgan fingerprint density at radius 1 is 1.25 bits per heavy atom. The third-order valence-electron chi connectivity index (χ3n) is 2.94. The van der Waals surface area contributed by atoms with E-state index in [1.165, 1.54) is 0 Å². The fourth-order valence-electron chi connectivity index (χ4n) is 1.77. The molecule has 110 valence electrons. The smallest absolute Gasteiger partial charge is 0.152 e. The molecule has 1 aromatic carbocycles. The van der Waals surface area contributed by atoms with Gasteiger partial charge in [-0.1, -0.05) is 50.3 Å². The van der Waals surface area contributed by atoms with Crippen LogP contribution in [0, 0.1) is 5.92 Å². The van der Waals surface area contributed by atoms with Gasteiger partial charge in [0.05, 0.1) is 12.7 Å². The number of ether oxygens (including phenoxy) is 2. The Hall–Kier alpha value is -1.45. The summed E-state index contributed by atoms with van der Waals surface area (Å²) < 4.78 is 11.2. The Morgan fingerprint density at radius 3 is 2.55 bits per heavy atom. The number of carbonyl (C=O) groups excluding carboxylic acids is 1. The average molecular weight is 276 g/mol. The van der Waals surface area contributed by atoms with Crippen LogP contribution in [0.5, 0.6) is 0 Å². The van der Waals surface area contributed by atoms with Crippen LogP contribution in [0.1, 0.15) is 32.8 Å². The van der Waals surface area contributed by atoms with Crippen LogP contribution >= 0.6 is 0 Å². The van der Waals surface area contributed by atoms with E-state index in [0.29, 0.717) is 12.5 Å². The zero-order valence-electron chi connectivity index (χ0n) is 12.5. The van der Waals surface area contributed by atoms with Crippen molar-refractivity contribution in [3.63, 3.8) is 0 Å². The third kappa shape index (κ3) is 7.22. The highest BCUT2D eigenvalue weighted by atomic mass is 16.7. The first kappa shape index (κ1) is 16.6. The van der Waals surface area contributed by atoms with Crippen molar-refractivity contribution in [1.29, 1.82) is 0 Å². The molecule has 0 unspecified atom stereocenters. The molecule has 0 spiro atoms. The maximum absolute atomic E-state index is 10.9. The molecule has 0 N–H and O–H groups in total. The van der Waals surface area contributed by atoms with Gasteiger partial charge in [0.15, 0.2) is 5.78 Å². The van der Waals surface area contributed by atoms with Crippen molar-refractivity contribution in [2.45, 2.75) is 39.9 Å². The van der Waals surface area contributed by atoms with E-state index in [1.807, 2.05) is 36.4 Å². The number of rotatable bonds is 9. The number of hydrogen-bond acceptors (Lipinski definition) is 3. The molecule has 0 heterocycles. The predicted octanol–water partition coefficient (Wildman–Crippen LogP) is 3.74. The highest BCUT2D eigenvalue weighted by Gasteiger charge is 2.12. The van der Waals surface area contributed by atoms with Crippen LogP contribution in [0.4, 0.5) is 0 Å². The molecular weight excluding hydrogens is 252 g/mol. The van der Waals surface area contributed by atoms with E-state index in [0.717, 1.165) is 12.0 Å². The van der Waals surface area contributed by atoms with Gasteiger partial charge in [-0.05, 0) is 30.9 Å². The summed E-state index contributed by atoms with van der Waals surface area (Å²) in [7, 11) is 0. The first-order valence-electron chi connectivity index (χ1n) is 7.00. The van der Waals surface area contributed by atoms with Gasteiger partial charge in [-0.3, -0.25) is 4.79 Å². The molecule has 0 amide bonds. The molecule has 0 fully saturated rings. The van der Waals surface area contributed by atoms with Gasteiger partial charge >= 0.3 is 0 Å². The molecule has 3 heteroatoms. The van der Waals surface area contributed by atoms with Gasteiger partial charge < -0.3 is 9.47 Å². The lowest BCUT2D eigenvalue weighted by Crippen LogP contribution is -2.20. The number of hydrogen-bond donors (Lipinski definition) is 0. The van der Waals surface area contributed by atoms with Crippen LogP contribution in [-0.2, 0) is 20.9 Å². The highest BCUT2D eigenvalue weighted by Crippen LogP contribution is 2.12. The Balaban J connectivity index is 2.27. The van der Waals surface area contributed by atoms with Crippen LogP contribution in [-0.4, -0.2) is 18.7 Å². The number of carbonyl (C=O) groups is 1. The summed E-state index contributed by atoms with van der Waals surface area (Å²) in [5.41, 5.74) is 1.13. The van der Waals surface area contributed by atoms with E-state index in [-0.39, 0.29) is 18.7 Å². The highest BCUT2D eigenvalue weighted by molar-refractivity contribution is 5.87. The average Bonchev–Trinajstić information content (AvgIpc) is 2.42. The van der Waals surface area contributed by atoms with Crippen LogP contribution < -0.4 is 0 Å². The van der Waals surface area contributed by atoms with Gasteiger partial charge in [0.25, 0.3) is 0 Å². The first-order valence-corrected chi connectivity index (χ1v) is 7.00. The molecule has 1 rings (SSSR count). The largest absolute Gasteiger partial charge is 0.352 e. The minimum Gasteiger partial charge on any atom is -0.352 e. The van der Waals surface area contributed by atoms with Gasteiger partial charge in [-0.2, -0.15) is 0 Å². The monoisotopic (exact) mass is 276 g/mol. The van der Waals surface area contributed by atoms with E-state index >= 15 is 0 Å². The van der Waals surface area contributed by atoms with E-state index in [2.05, 4.69) is 13.8 Å². The van der Waals surface area contributed by atoms with Crippen molar-refractivity contribution >= 4 is 5.78 Å². The van der Waals surface area contributed by atoms with Crippen molar-refractivity contribution in [2.24, 2.45) is 5.92 Å². The Bertz CT molecular complexity index is 410. The van der Waals surface area contributed by atoms with Crippen molar-refractivity contribution in [1.82, 2.24) is 0 Å². The van der Waals surface area contributed by atoms with Crippen molar-refractivity contribution in [3.05, 3.63) is 48.0 Å². The maximum atomic E-state index is 10.9. The summed E-state index contributed by atoms with van der Waals surface area (Å²) in [6.07, 6.45) is 4.25. The molecule has 3 nitrogen and oxygen atoms in total. The molecule has 1 aromatic rings. The summed E-state index contributed by atoms with van der Waals surface area (Å²) in [4.78, 5) is 10.9. The van der Waals surface area contributed by atoms with Gasteiger partial charge in [-0.15, -0.1) is 0 Å². The maximum Gasteiger partial charge on any atom is 0.152 e. The third-order valence-corrected chi connectivity index (χ3v) is 2.94. The topological polar surface area (TPSA) is 35.5 Å². The summed E-state index contributed by atoms with van der Waals surface area (Å²) >= 11 is 0. The fourth-order valence-corrected chi connectivity index (χ4v) is 1.77. The predicted molar refractivity (Wildman–Crippen MR) is 80.2 cm³/mol. The second-order valence-electron chi connectivity index (χ2n) is 5.15. The lowest BCUT2D eigenvalue weighted by Gasteiger charge is -2.20. The molecule has 0 saturated heterocycles. The Labute approximate surface area is 121 Å². The van der Waals surface area contributed by atoms with E-state index < -0.39 is 0 Å². The van der Waals surface area contributed by atoms with E-state index in [1.54, 1.807) is 13.0 Å². The zero-order chi connectivity index (χ0) is 14.8. The lowest BCUT2D eigenvalue weighted by molar-refractivity contribution is -0.112. The molecule has 0 aliphatic rings. The standard InChI is InChI=1S/C17H24O3/c1-14(2)17(11-7-8-15(3)18)20-13-19-12-16-9-5-4-6-10-16/h4-10,14,17H,11-13H2,1-3H3/b8-7+/t17-/m0/s1. The molecule has 0 saturated carbocycles. The second-order valence-corrected chi connectivity index (χ2v) is 5.15. The summed E-state index contributed by atoms with van der Waals surface area (Å²) in [6.45, 7) is 6.57. The molecule has 0 aliphatic heterocycles. The van der Waals surface area contributed by atoms with Crippen molar-refractivity contribution in [2.75, 3.05) is 6.79 Å². The van der Waals surface area contributed by atoms with Gasteiger partial charge in [0.2, 0.25) is 0 Å². The molecule has 0 aromatic heterocycles. The summed E-state index contributed by atoms with van der Waals surface area (Å²) in [5.74, 6) is 0.444. The molecule has 0 bridgehead atoms. The van der Waals surface area contributed by atoms with Crippen LogP contribution in [0.2, 0.25) is 0 Å². The minimum absolute atomic E-state index is 0.0628. The van der Waals surface area contributed by atoms with Crippen molar-refractivity contribution in [3.8, 4) is 0 Å². The minimum atomic E-state index is 0.0628. The molecule has 0 aliphatic carbocycles. The van der Waals surface area contributed by atoms with Gasteiger partial charge in [-0.25, -0.2) is 0 Å². The zero-order valence-corrected chi connectivity index (χ0v) is 12.5. The van der Waals surface area contributed by atoms with E-state index in [9.17, 15) is 4.79 Å². The van der Waals surface area contributed by atoms with Crippen molar-refractivity contribution < 1.29 is 14.3 Å². The lowest BCUT2D eigenvalue weighted by atomic mass is 10.0. The second kappa shape index (κ2) is 9.45. The number of benzene rings is 1. The summed E-state index contributed by atoms with van der Waals surface area (Å²) in [6, 6.07) is 10.0. The molecule has 20 heavy (non-hydrogen) atoms. The van der Waals surface area contributed by atoms with Gasteiger partial charge in [0.1, 0.15) is 6.79 Å². The molecular formula is C17H24O3. The normalized spacial score (nSPS) is 13.0. The number of allylic oxidation sites excluding steroid dienone is 1. The van der Waals surface area contributed by atoms with Gasteiger partial charge in [0, 0.05) is 0 Å². The Kier molecular flexibility index (Phi) is 7.85. The SMILES string of the molecule is CC(=O)/C=C/C[C@H](OCOCc1ccccc1)C(C)C. The molecule has 0 radical (unpaired) electrons. The number of ketones is 1. The first-order chi connectivity index (χ1) is 9.59. The van der Waals surface area contributed by atoms with Crippen LogP contribution in [0.25, 0.3) is 0 Å². The quantitative estimate of drug-likeness (QED) is 0.391. The van der Waals surface area contributed by atoms with Crippen LogP contribution in [0.3, 0.4) is 0 Å². The Morgan fingerprint density at radius 2 is 1.95 bits per heavy atom.